The quantitative estimate of drug-likeness (QED) is 0.784. The van der Waals surface area contributed by atoms with Crippen molar-refractivity contribution in [2.24, 2.45) is 0 Å². The number of carbonyl (C=O) groups is 1. The number of nitriles is 1. The van der Waals surface area contributed by atoms with E-state index in [4.69, 9.17) is 16.1 Å². The third kappa shape index (κ3) is 2.24. The van der Waals surface area contributed by atoms with E-state index in [1.165, 1.54) is 6.07 Å². The SMILES string of the molecule is N#Cc1cc(N)cc(CC(=O)O)c1Br. The van der Waals surface area contributed by atoms with Crippen molar-refractivity contribution in [2.45, 2.75) is 6.42 Å². The molecule has 5 heteroatoms. The minimum absolute atomic E-state index is 0.152. The third-order valence-electron chi connectivity index (χ3n) is 1.63. The standard InChI is InChI=1S/C9H7BrN2O2/c10-9-5(3-8(13)14)1-7(12)2-6(9)4-11/h1-2H,3,12H2,(H,13,14). The van der Waals surface area contributed by atoms with Gasteiger partial charge >= 0.3 is 5.97 Å². The van der Waals surface area contributed by atoms with Crippen molar-refractivity contribution in [1.82, 2.24) is 0 Å². The number of carboxylic acids is 1. The maximum atomic E-state index is 10.5. The first-order valence-electron chi connectivity index (χ1n) is 3.74. The zero-order valence-electron chi connectivity index (χ0n) is 7.12. The molecule has 0 aliphatic rings. The second-order valence-corrected chi connectivity index (χ2v) is 3.52. The molecule has 14 heavy (non-hydrogen) atoms. The van der Waals surface area contributed by atoms with Crippen LogP contribution in [0, 0.1) is 11.3 Å². The van der Waals surface area contributed by atoms with Crippen molar-refractivity contribution in [2.75, 3.05) is 5.73 Å². The van der Waals surface area contributed by atoms with Crippen molar-refractivity contribution in [3.05, 3.63) is 27.7 Å². The Morgan fingerprint density at radius 3 is 2.79 bits per heavy atom. The van der Waals surface area contributed by atoms with Gasteiger partial charge in [0.05, 0.1) is 12.0 Å². The number of nitrogens with zero attached hydrogens (tertiary/aromatic N) is 1. The number of anilines is 1. The van der Waals surface area contributed by atoms with E-state index in [1.54, 1.807) is 6.07 Å². The maximum Gasteiger partial charge on any atom is 0.307 e. The molecule has 4 nitrogen and oxygen atoms in total. The Kier molecular flexibility index (Phi) is 3.10. The van der Waals surface area contributed by atoms with Crippen LogP contribution in [0.1, 0.15) is 11.1 Å². The Balaban J connectivity index is 3.23. The second-order valence-electron chi connectivity index (χ2n) is 2.72. The highest BCUT2D eigenvalue weighted by Crippen LogP contribution is 2.24. The minimum Gasteiger partial charge on any atom is -0.481 e. The van der Waals surface area contributed by atoms with Gasteiger partial charge in [0.2, 0.25) is 0 Å². The maximum absolute atomic E-state index is 10.5. The van der Waals surface area contributed by atoms with Gasteiger partial charge < -0.3 is 10.8 Å². The fourth-order valence-corrected chi connectivity index (χ4v) is 1.54. The number of carboxylic acid groups (broad SMARTS) is 1. The number of nitrogens with two attached hydrogens (primary N) is 1. The molecule has 0 aliphatic carbocycles. The third-order valence-corrected chi connectivity index (χ3v) is 2.57. The molecule has 0 radical (unpaired) electrons. The highest BCUT2D eigenvalue weighted by atomic mass is 79.9. The number of nitrogen functional groups attached to an aromatic ring is 1. The number of aliphatic carboxylic acids is 1. The summed E-state index contributed by atoms with van der Waals surface area (Å²) >= 11 is 3.16. The number of rotatable bonds is 2. The highest BCUT2D eigenvalue weighted by Gasteiger charge is 2.10. The highest BCUT2D eigenvalue weighted by molar-refractivity contribution is 9.10. The molecule has 0 amide bonds. The van der Waals surface area contributed by atoms with E-state index in [0.29, 0.717) is 21.3 Å². The van der Waals surface area contributed by atoms with Gasteiger partial charge in [-0.15, -0.1) is 0 Å². The first-order chi connectivity index (χ1) is 6.54. The van der Waals surface area contributed by atoms with E-state index in [0.717, 1.165) is 0 Å². The Bertz CT molecular complexity index is 424. The molecule has 0 aromatic heterocycles. The predicted octanol–water partition coefficient (Wildman–Crippen LogP) is 1.53. The topological polar surface area (TPSA) is 87.1 Å². The van der Waals surface area contributed by atoms with Gasteiger partial charge in [-0.1, -0.05) is 0 Å². The molecule has 0 fully saturated rings. The smallest absolute Gasteiger partial charge is 0.307 e. The van der Waals surface area contributed by atoms with Crippen molar-refractivity contribution in [3.8, 4) is 6.07 Å². The average molecular weight is 255 g/mol. The zero-order chi connectivity index (χ0) is 10.7. The van der Waals surface area contributed by atoms with Crippen LogP contribution in [0.2, 0.25) is 0 Å². The molecule has 0 unspecified atom stereocenters. The van der Waals surface area contributed by atoms with Crippen LogP contribution in [-0.4, -0.2) is 11.1 Å². The van der Waals surface area contributed by atoms with Crippen LogP contribution in [0.15, 0.2) is 16.6 Å². The second kappa shape index (κ2) is 4.11. The van der Waals surface area contributed by atoms with E-state index in [2.05, 4.69) is 15.9 Å². The van der Waals surface area contributed by atoms with Crippen LogP contribution in [0.3, 0.4) is 0 Å². The van der Waals surface area contributed by atoms with Crippen molar-refractivity contribution in [1.29, 1.82) is 5.26 Å². The van der Waals surface area contributed by atoms with Gasteiger partial charge in [-0.05, 0) is 33.6 Å². The van der Waals surface area contributed by atoms with E-state index < -0.39 is 5.97 Å². The van der Waals surface area contributed by atoms with Crippen LogP contribution in [-0.2, 0) is 11.2 Å². The van der Waals surface area contributed by atoms with E-state index >= 15 is 0 Å². The predicted molar refractivity (Wildman–Crippen MR) is 54.6 cm³/mol. The molecule has 0 saturated carbocycles. The fourth-order valence-electron chi connectivity index (χ4n) is 1.08. The molecule has 3 N–H and O–H groups in total. The van der Waals surface area contributed by atoms with Crippen molar-refractivity contribution in [3.63, 3.8) is 0 Å². The van der Waals surface area contributed by atoms with Crippen LogP contribution < -0.4 is 5.73 Å². The number of hydrogen-bond donors (Lipinski definition) is 2. The van der Waals surface area contributed by atoms with Gasteiger partial charge in [0, 0.05) is 10.2 Å². The molecular formula is C9H7BrN2O2. The Labute approximate surface area is 89.1 Å². The summed E-state index contributed by atoms with van der Waals surface area (Å²) in [5.74, 6) is -0.958. The molecule has 0 spiro atoms. The summed E-state index contributed by atoms with van der Waals surface area (Å²) < 4.78 is 0.497. The molecule has 0 aliphatic heterocycles. The largest absolute Gasteiger partial charge is 0.481 e. The van der Waals surface area contributed by atoms with Crippen LogP contribution >= 0.6 is 15.9 Å². The first-order valence-corrected chi connectivity index (χ1v) is 4.53. The fraction of sp³-hybridized carbons (Fsp3) is 0.111. The van der Waals surface area contributed by atoms with Crippen LogP contribution in [0.4, 0.5) is 5.69 Å². The molecule has 0 bridgehead atoms. The summed E-state index contributed by atoms with van der Waals surface area (Å²) in [4.78, 5) is 10.5. The molecule has 0 saturated heterocycles. The summed E-state index contributed by atoms with van der Waals surface area (Å²) in [5.41, 5.74) is 6.76. The van der Waals surface area contributed by atoms with E-state index in [9.17, 15) is 4.79 Å². The number of halogens is 1. The van der Waals surface area contributed by atoms with Crippen LogP contribution in [0.5, 0.6) is 0 Å². The lowest BCUT2D eigenvalue weighted by Crippen LogP contribution is -2.03. The monoisotopic (exact) mass is 254 g/mol. The summed E-state index contributed by atoms with van der Waals surface area (Å²) in [7, 11) is 0. The van der Waals surface area contributed by atoms with Crippen molar-refractivity contribution >= 4 is 27.6 Å². The van der Waals surface area contributed by atoms with Gasteiger partial charge in [-0.2, -0.15) is 5.26 Å². The minimum atomic E-state index is -0.958. The molecule has 1 rings (SSSR count). The molecule has 72 valence electrons. The van der Waals surface area contributed by atoms with E-state index in [-0.39, 0.29) is 6.42 Å². The lowest BCUT2D eigenvalue weighted by atomic mass is 10.1. The zero-order valence-corrected chi connectivity index (χ0v) is 8.71. The summed E-state index contributed by atoms with van der Waals surface area (Å²) in [5, 5.41) is 17.3. The molecule has 0 heterocycles. The van der Waals surface area contributed by atoms with Gasteiger partial charge in [0.1, 0.15) is 6.07 Å². The van der Waals surface area contributed by atoms with Crippen LogP contribution in [0.25, 0.3) is 0 Å². The normalized spacial score (nSPS) is 9.43. The Morgan fingerprint density at radius 1 is 1.64 bits per heavy atom. The van der Waals surface area contributed by atoms with Gasteiger partial charge in [0.15, 0.2) is 0 Å². The average Bonchev–Trinajstić information content (AvgIpc) is 2.09. The Morgan fingerprint density at radius 2 is 2.29 bits per heavy atom. The number of hydrogen-bond acceptors (Lipinski definition) is 3. The molecule has 1 aromatic rings. The van der Waals surface area contributed by atoms with Crippen molar-refractivity contribution < 1.29 is 9.90 Å². The summed E-state index contributed by atoms with van der Waals surface area (Å²) in [6.45, 7) is 0. The number of benzene rings is 1. The van der Waals surface area contributed by atoms with Gasteiger partial charge in [-0.3, -0.25) is 4.79 Å². The summed E-state index contributed by atoms with van der Waals surface area (Å²) in [6, 6.07) is 4.97. The molecule has 1 aromatic carbocycles. The lowest BCUT2D eigenvalue weighted by Gasteiger charge is -2.04. The van der Waals surface area contributed by atoms with Gasteiger partial charge in [0.25, 0.3) is 0 Å². The molecule has 0 atom stereocenters. The lowest BCUT2D eigenvalue weighted by molar-refractivity contribution is -0.136. The first kappa shape index (κ1) is 10.5. The van der Waals surface area contributed by atoms with E-state index in [1.807, 2.05) is 6.07 Å². The summed E-state index contributed by atoms with van der Waals surface area (Å²) in [6.07, 6.45) is -0.152. The molecular weight excluding hydrogens is 248 g/mol. The van der Waals surface area contributed by atoms with Gasteiger partial charge in [-0.25, -0.2) is 0 Å². The Hall–Kier alpha value is -1.54.